The van der Waals surface area contributed by atoms with E-state index in [0.29, 0.717) is 29.8 Å². The van der Waals surface area contributed by atoms with E-state index >= 15 is 0 Å². The summed E-state index contributed by atoms with van der Waals surface area (Å²) in [5, 5.41) is 0. The topological polar surface area (TPSA) is 72.9 Å². The van der Waals surface area contributed by atoms with Crippen LogP contribution in [0.3, 0.4) is 0 Å². The van der Waals surface area contributed by atoms with Gasteiger partial charge < -0.3 is 14.4 Å². The number of hydrogen-bond donors (Lipinski definition) is 0. The van der Waals surface area contributed by atoms with Crippen molar-refractivity contribution in [2.75, 3.05) is 25.2 Å². The largest absolute Gasteiger partial charge is 0.494 e. The van der Waals surface area contributed by atoms with E-state index in [9.17, 15) is 18.8 Å². The summed E-state index contributed by atoms with van der Waals surface area (Å²) >= 11 is 0. The highest BCUT2D eigenvalue weighted by Gasteiger charge is 2.22. The molecular formula is C22H20FNO5. The molecule has 0 bridgehead atoms. The lowest BCUT2D eigenvalue weighted by Crippen LogP contribution is -2.24. The number of esters is 1. The van der Waals surface area contributed by atoms with Gasteiger partial charge in [0, 0.05) is 30.3 Å². The number of hydrogen-bond acceptors (Lipinski definition) is 5. The van der Waals surface area contributed by atoms with E-state index in [4.69, 9.17) is 9.47 Å². The minimum absolute atomic E-state index is 0.0288. The standard InChI is InChI=1S/C22H20FNO5/c1-28-20-9-7-15(12-18(20)23)8-10-22(27)29-14-19(25)16-4-2-5-17(13-16)24-11-3-6-21(24)26/h2,4-5,7-10,12-13H,3,6,11,14H2,1H3/b10-8+. The summed E-state index contributed by atoms with van der Waals surface area (Å²) in [6.07, 6.45) is 3.79. The maximum absolute atomic E-state index is 13.6. The average molecular weight is 397 g/mol. The molecule has 0 aromatic heterocycles. The van der Waals surface area contributed by atoms with Gasteiger partial charge in [0.2, 0.25) is 5.91 Å². The summed E-state index contributed by atoms with van der Waals surface area (Å²) in [6, 6.07) is 10.9. The van der Waals surface area contributed by atoms with Crippen LogP contribution >= 0.6 is 0 Å². The first-order valence-corrected chi connectivity index (χ1v) is 9.10. The first-order chi connectivity index (χ1) is 14.0. The highest BCUT2D eigenvalue weighted by molar-refractivity contribution is 6.01. The zero-order chi connectivity index (χ0) is 20.8. The second kappa shape index (κ2) is 9.14. The Morgan fingerprint density at radius 2 is 2.03 bits per heavy atom. The van der Waals surface area contributed by atoms with Crippen molar-refractivity contribution in [2.24, 2.45) is 0 Å². The lowest BCUT2D eigenvalue weighted by molar-refractivity contribution is -0.136. The fourth-order valence-corrected chi connectivity index (χ4v) is 2.99. The molecule has 0 saturated carbocycles. The van der Waals surface area contributed by atoms with Crippen LogP contribution < -0.4 is 9.64 Å². The van der Waals surface area contributed by atoms with Crippen LogP contribution in [0.2, 0.25) is 0 Å². The molecule has 1 saturated heterocycles. The number of rotatable bonds is 7. The summed E-state index contributed by atoms with van der Waals surface area (Å²) < 4.78 is 23.4. The van der Waals surface area contributed by atoms with Crippen LogP contribution in [-0.4, -0.2) is 37.9 Å². The number of benzene rings is 2. The second-order valence-electron chi connectivity index (χ2n) is 6.46. The van der Waals surface area contributed by atoms with Gasteiger partial charge in [0.1, 0.15) is 0 Å². The van der Waals surface area contributed by atoms with Gasteiger partial charge >= 0.3 is 5.97 Å². The lowest BCUT2D eigenvalue weighted by atomic mass is 10.1. The van der Waals surface area contributed by atoms with Crippen LogP contribution in [0, 0.1) is 5.82 Å². The minimum atomic E-state index is -0.722. The summed E-state index contributed by atoms with van der Waals surface area (Å²) in [5.74, 6) is -1.51. The predicted molar refractivity (Wildman–Crippen MR) is 105 cm³/mol. The molecule has 1 fully saturated rings. The van der Waals surface area contributed by atoms with Crippen molar-refractivity contribution < 1.29 is 28.2 Å². The van der Waals surface area contributed by atoms with Gasteiger partial charge in [-0.3, -0.25) is 9.59 Å². The van der Waals surface area contributed by atoms with Crippen LogP contribution in [0.1, 0.15) is 28.8 Å². The van der Waals surface area contributed by atoms with Crippen LogP contribution in [0.15, 0.2) is 48.5 Å². The van der Waals surface area contributed by atoms with Crippen molar-refractivity contribution >= 4 is 29.4 Å². The lowest BCUT2D eigenvalue weighted by Gasteiger charge is -2.16. The van der Waals surface area contributed by atoms with E-state index < -0.39 is 18.4 Å². The predicted octanol–water partition coefficient (Wildman–Crippen LogP) is 3.40. The Labute approximate surface area is 167 Å². The molecule has 0 atom stereocenters. The fraction of sp³-hybridized carbons (Fsp3) is 0.227. The molecular weight excluding hydrogens is 377 g/mol. The van der Waals surface area contributed by atoms with Gasteiger partial charge in [-0.15, -0.1) is 0 Å². The van der Waals surface area contributed by atoms with Crippen molar-refractivity contribution in [2.45, 2.75) is 12.8 Å². The molecule has 1 aliphatic rings. The number of anilines is 1. The number of ketones is 1. The smallest absolute Gasteiger partial charge is 0.331 e. The average Bonchev–Trinajstić information content (AvgIpc) is 3.16. The Morgan fingerprint density at radius 3 is 2.72 bits per heavy atom. The molecule has 7 heteroatoms. The van der Waals surface area contributed by atoms with E-state index in [2.05, 4.69) is 0 Å². The Balaban J connectivity index is 1.57. The summed E-state index contributed by atoms with van der Waals surface area (Å²) in [7, 11) is 1.36. The number of carbonyl (C=O) groups excluding carboxylic acids is 3. The highest BCUT2D eigenvalue weighted by atomic mass is 19.1. The molecule has 2 aromatic carbocycles. The summed E-state index contributed by atoms with van der Waals surface area (Å²) in [4.78, 5) is 37.7. The van der Waals surface area contributed by atoms with Crippen LogP contribution in [0.25, 0.3) is 6.08 Å². The van der Waals surface area contributed by atoms with E-state index in [1.165, 1.54) is 25.3 Å². The molecule has 2 aromatic rings. The van der Waals surface area contributed by atoms with Gasteiger partial charge in [-0.2, -0.15) is 0 Å². The van der Waals surface area contributed by atoms with Gasteiger partial charge in [-0.05, 0) is 42.3 Å². The third-order valence-electron chi connectivity index (χ3n) is 4.49. The quantitative estimate of drug-likeness (QED) is 0.407. The molecule has 0 N–H and O–H groups in total. The monoisotopic (exact) mass is 397 g/mol. The number of ether oxygens (including phenoxy) is 2. The zero-order valence-electron chi connectivity index (χ0n) is 15.9. The first kappa shape index (κ1) is 20.3. The van der Waals surface area contributed by atoms with Crippen molar-refractivity contribution in [3.63, 3.8) is 0 Å². The molecule has 0 spiro atoms. The SMILES string of the molecule is COc1ccc(/C=C/C(=O)OCC(=O)c2cccc(N3CCCC3=O)c2)cc1F. The van der Waals surface area contributed by atoms with Crippen molar-refractivity contribution in [3.8, 4) is 5.75 Å². The van der Waals surface area contributed by atoms with Gasteiger partial charge in [0.05, 0.1) is 7.11 Å². The maximum Gasteiger partial charge on any atom is 0.331 e. The van der Waals surface area contributed by atoms with Crippen LogP contribution in [-0.2, 0) is 14.3 Å². The molecule has 0 aliphatic carbocycles. The number of nitrogens with zero attached hydrogens (tertiary/aromatic N) is 1. The van der Waals surface area contributed by atoms with Crippen molar-refractivity contribution in [1.82, 2.24) is 0 Å². The molecule has 1 amide bonds. The Hall–Kier alpha value is -3.48. The zero-order valence-corrected chi connectivity index (χ0v) is 15.9. The van der Waals surface area contributed by atoms with Gasteiger partial charge in [0.15, 0.2) is 24.0 Å². The molecule has 150 valence electrons. The van der Waals surface area contributed by atoms with Crippen LogP contribution in [0.5, 0.6) is 5.75 Å². The third kappa shape index (κ3) is 5.07. The van der Waals surface area contributed by atoms with Gasteiger partial charge in [-0.25, -0.2) is 9.18 Å². The summed E-state index contributed by atoms with van der Waals surface area (Å²) in [6.45, 7) is 0.194. The van der Waals surface area contributed by atoms with Gasteiger partial charge in [-0.1, -0.05) is 18.2 Å². The van der Waals surface area contributed by atoms with E-state index in [1.807, 2.05) is 0 Å². The number of carbonyl (C=O) groups is 3. The molecule has 3 rings (SSSR count). The second-order valence-corrected chi connectivity index (χ2v) is 6.46. The normalized spacial score (nSPS) is 13.7. The number of amides is 1. The van der Waals surface area contributed by atoms with E-state index in [0.717, 1.165) is 12.5 Å². The molecule has 0 radical (unpaired) electrons. The number of methoxy groups -OCH3 is 1. The fourth-order valence-electron chi connectivity index (χ4n) is 2.99. The maximum atomic E-state index is 13.6. The van der Waals surface area contributed by atoms with Crippen molar-refractivity contribution in [3.05, 3.63) is 65.5 Å². The summed E-state index contributed by atoms with van der Waals surface area (Å²) in [5.41, 5.74) is 1.47. The molecule has 6 nitrogen and oxygen atoms in total. The third-order valence-corrected chi connectivity index (χ3v) is 4.49. The Kier molecular flexibility index (Phi) is 6.39. The molecule has 0 unspecified atom stereocenters. The number of halogens is 1. The van der Waals surface area contributed by atoms with Gasteiger partial charge in [0.25, 0.3) is 0 Å². The molecule has 29 heavy (non-hydrogen) atoms. The van der Waals surface area contributed by atoms with E-state index in [-0.39, 0.29) is 17.4 Å². The van der Waals surface area contributed by atoms with Crippen LogP contribution in [0.4, 0.5) is 10.1 Å². The Morgan fingerprint density at radius 1 is 1.21 bits per heavy atom. The minimum Gasteiger partial charge on any atom is -0.494 e. The number of Topliss-reactive ketones (excluding diaryl/α,β-unsaturated/α-hetero) is 1. The Bertz CT molecular complexity index is 969. The van der Waals surface area contributed by atoms with Crippen molar-refractivity contribution in [1.29, 1.82) is 0 Å². The molecule has 1 aliphatic heterocycles. The first-order valence-electron chi connectivity index (χ1n) is 9.10. The molecule has 1 heterocycles. The van der Waals surface area contributed by atoms with E-state index in [1.54, 1.807) is 35.2 Å². The highest BCUT2D eigenvalue weighted by Crippen LogP contribution is 2.22.